The molecule has 5 heteroatoms. The number of amides is 1. The molecule has 1 saturated heterocycles. The molecular formula is C21H26N2O2S. The largest absolute Gasteiger partial charge is 0.354 e. The van der Waals surface area contributed by atoms with Crippen LogP contribution in [0.1, 0.15) is 51.8 Å². The third kappa shape index (κ3) is 5.02. The summed E-state index contributed by atoms with van der Waals surface area (Å²) in [5, 5.41) is 3.04. The zero-order chi connectivity index (χ0) is 18.4. The van der Waals surface area contributed by atoms with Crippen molar-refractivity contribution in [2.75, 3.05) is 19.6 Å². The molecule has 3 rings (SSSR count). The third-order valence-corrected chi connectivity index (χ3v) is 5.89. The van der Waals surface area contributed by atoms with Gasteiger partial charge in [-0.25, -0.2) is 0 Å². The molecule has 0 saturated carbocycles. The minimum absolute atomic E-state index is 0.0493. The van der Waals surface area contributed by atoms with Crippen molar-refractivity contribution in [2.45, 2.75) is 38.6 Å². The molecule has 4 nitrogen and oxygen atoms in total. The number of benzene rings is 1. The van der Waals surface area contributed by atoms with E-state index in [0.717, 1.165) is 22.8 Å². The van der Waals surface area contributed by atoms with E-state index in [9.17, 15) is 9.59 Å². The Labute approximate surface area is 159 Å². The van der Waals surface area contributed by atoms with E-state index < -0.39 is 0 Å². The molecule has 138 valence electrons. The molecule has 0 spiro atoms. The molecule has 1 N–H and O–H groups in total. The Morgan fingerprint density at radius 1 is 1.08 bits per heavy atom. The van der Waals surface area contributed by atoms with Gasteiger partial charge in [-0.05, 0) is 50.6 Å². The van der Waals surface area contributed by atoms with Crippen LogP contribution in [0, 0.1) is 6.92 Å². The van der Waals surface area contributed by atoms with E-state index >= 15 is 0 Å². The molecule has 1 unspecified atom stereocenters. The number of thiophene rings is 1. The first-order valence-corrected chi connectivity index (χ1v) is 10.1. The van der Waals surface area contributed by atoms with Gasteiger partial charge in [0.15, 0.2) is 5.78 Å². The number of carbonyl (C=O) groups excluding carboxylic acids is 2. The van der Waals surface area contributed by atoms with Gasteiger partial charge >= 0.3 is 0 Å². The molecule has 1 amide bonds. The van der Waals surface area contributed by atoms with E-state index in [4.69, 9.17) is 0 Å². The van der Waals surface area contributed by atoms with E-state index in [1.165, 1.54) is 29.7 Å². The zero-order valence-corrected chi connectivity index (χ0v) is 16.1. The fraction of sp³-hybridized carbons (Fsp3) is 0.429. The van der Waals surface area contributed by atoms with Crippen molar-refractivity contribution in [2.24, 2.45) is 0 Å². The zero-order valence-electron chi connectivity index (χ0n) is 15.2. The van der Waals surface area contributed by atoms with Gasteiger partial charge < -0.3 is 5.32 Å². The average molecular weight is 371 g/mol. The Bertz CT molecular complexity index is 735. The van der Waals surface area contributed by atoms with Crippen molar-refractivity contribution < 1.29 is 9.59 Å². The van der Waals surface area contributed by atoms with Crippen LogP contribution in [0.15, 0.2) is 42.5 Å². The first-order valence-electron chi connectivity index (χ1n) is 9.29. The van der Waals surface area contributed by atoms with Gasteiger partial charge in [0.25, 0.3) is 0 Å². The van der Waals surface area contributed by atoms with E-state index in [-0.39, 0.29) is 30.6 Å². The summed E-state index contributed by atoms with van der Waals surface area (Å²) in [6, 6.07) is 14.3. The molecule has 1 atom stereocenters. The molecule has 0 aliphatic carbocycles. The van der Waals surface area contributed by atoms with Crippen molar-refractivity contribution in [1.82, 2.24) is 10.2 Å². The number of aryl methyl sites for hydroxylation is 1. The standard InChI is InChI=1S/C21H26N2O2S/c1-16-9-11-20(26-16)19(24)10-12-21(25)22-15-18(23-13-5-6-14-23)17-7-3-2-4-8-17/h2-4,7-9,11,18H,5-6,10,12-15H2,1H3,(H,22,25). The van der Waals surface area contributed by atoms with Crippen LogP contribution in [0.4, 0.5) is 0 Å². The highest BCUT2D eigenvalue weighted by Crippen LogP contribution is 2.24. The lowest BCUT2D eigenvalue weighted by Crippen LogP contribution is -2.36. The molecule has 1 aromatic heterocycles. The molecule has 0 radical (unpaired) electrons. The second kappa shape index (κ2) is 9.10. The summed E-state index contributed by atoms with van der Waals surface area (Å²) < 4.78 is 0. The van der Waals surface area contributed by atoms with Gasteiger partial charge in [-0.15, -0.1) is 11.3 Å². The van der Waals surface area contributed by atoms with E-state index in [1.807, 2.05) is 37.3 Å². The van der Waals surface area contributed by atoms with Crippen molar-refractivity contribution in [1.29, 1.82) is 0 Å². The predicted molar refractivity (Wildman–Crippen MR) is 106 cm³/mol. The number of likely N-dealkylation sites (tertiary alicyclic amines) is 1. The first-order chi connectivity index (χ1) is 12.6. The maximum atomic E-state index is 12.3. The van der Waals surface area contributed by atoms with Crippen molar-refractivity contribution in [3.63, 3.8) is 0 Å². The number of hydrogen-bond donors (Lipinski definition) is 1. The van der Waals surface area contributed by atoms with Crippen molar-refractivity contribution in [3.8, 4) is 0 Å². The van der Waals surface area contributed by atoms with E-state index in [0.29, 0.717) is 6.54 Å². The highest BCUT2D eigenvalue weighted by molar-refractivity contribution is 7.14. The van der Waals surface area contributed by atoms with Gasteiger partial charge in [0, 0.05) is 24.3 Å². The number of ketones is 1. The second-order valence-electron chi connectivity index (χ2n) is 6.81. The van der Waals surface area contributed by atoms with Gasteiger partial charge in [0.05, 0.1) is 10.9 Å². The number of nitrogens with zero attached hydrogens (tertiary/aromatic N) is 1. The van der Waals surface area contributed by atoms with Gasteiger partial charge in [-0.1, -0.05) is 30.3 Å². The van der Waals surface area contributed by atoms with Crippen LogP contribution in [-0.2, 0) is 4.79 Å². The summed E-state index contributed by atoms with van der Waals surface area (Å²) in [4.78, 5) is 28.7. The van der Waals surface area contributed by atoms with Crippen LogP contribution in [0.3, 0.4) is 0 Å². The molecular weight excluding hydrogens is 344 g/mol. The quantitative estimate of drug-likeness (QED) is 0.715. The molecule has 1 aliphatic heterocycles. The lowest BCUT2D eigenvalue weighted by Gasteiger charge is -2.28. The Morgan fingerprint density at radius 3 is 2.46 bits per heavy atom. The molecule has 0 bridgehead atoms. The van der Waals surface area contributed by atoms with Crippen LogP contribution in [0.2, 0.25) is 0 Å². The van der Waals surface area contributed by atoms with Gasteiger partial charge in [0.1, 0.15) is 0 Å². The summed E-state index contributed by atoms with van der Waals surface area (Å²) in [6.07, 6.45) is 2.95. The van der Waals surface area contributed by atoms with Gasteiger partial charge in [0.2, 0.25) is 5.91 Å². The normalized spacial score (nSPS) is 15.7. The maximum Gasteiger partial charge on any atom is 0.220 e. The predicted octanol–water partition coefficient (Wildman–Crippen LogP) is 3.97. The van der Waals surface area contributed by atoms with Crippen molar-refractivity contribution >= 4 is 23.0 Å². The Morgan fingerprint density at radius 2 is 1.81 bits per heavy atom. The van der Waals surface area contributed by atoms with Crippen LogP contribution >= 0.6 is 11.3 Å². The van der Waals surface area contributed by atoms with Crippen LogP contribution in [0.5, 0.6) is 0 Å². The Kier molecular flexibility index (Phi) is 6.58. The second-order valence-corrected chi connectivity index (χ2v) is 8.10. The topological polar surface area (TPSA) is 49.4 Å². The highest BCUT2D eigenvalue weighted by atomic mass is 32.1. The molecule has 26 heavy (non-hydrogen) atoms. The summed E-state index contributed by atoms with van der Waals surface area (Å²) >= 11 is 1.49. The molecule has 2 heterocycles. The summed E-state index contributed by atoms with van der Waals surface area (Å²) in [5.41, 5.74) is 1.24. The molecule has 2 aromatic rings. The number of hydrogen-bond acceptors (Lipinski definition) is 4. The first kappa shape index (κ1) is 18.8. The smallest absolute Gasteiger partial charge is 0.220 e. The van der Waals surface area contributed by atoms with Crippen molar-refractivity contribution in [3.05, 3.63) is 57.8 Å². The monoisotopic (exact) mass is 370 g/mol. The van der Waals surface area contributed by atoms with Crippen LogP contribution in [-0.4, -0.2) is 36.2 Å². The van der Waals surface area contributed by atoms with Gasteiger partial charge in [-0.3, -0.25) is 14.5 Å². The molecule has 1 aliphatic rings. The Balaban J connectivity index is 1.51. The van der Waals surface area contributed by atoms with Gasteiger partial charge in [-0.2, -0.15) is 0 Å². The number of carbonyl (C=O) groups is 2. The minimum Gasteiger partial charge on any atom is -0.354 e. The summed E-state index contributed by atoms with van der Waals surface area (Å²) in [5.74, 6) is 0.00385. The highest BCUT2D eigenvalue weighted by Gasteiger charge is 2.23. The fourth-order valence-corrected chi connectivity index (χ4v) is 4.25. The number of Topliss-reactive ketones (excluding diaryl/α,β-unsaturated/α-hetero) is 1. The average Bonchev–Trinajstić information content (AvgIpc) is 3.33. The number of nitrogens with one attached hydrogen (secondary N) is 1. The fourth-order valence-electron chi connectivity index (χ4n) is 3.42. The summed E-state index contributed by atoms with van der Waals surface area (Å²) in [6.45, 7) is 4.72. The van der Waals surface area contributed by atoms with Crippen LogP contribution in [0.25, 0.3) is 0 Å². The van der Waals surface area contributed by atoms with Crippen LogP contribution < -0.4 is 5.32 Å². The number of rotatable bonds is 8. The maximum absolute atomic E-state index is 12.3. The SMILES string of the molecule is Cc1ccc(C(=O)CCC(=O)NCC(c2ccccc2)N2CCCC2)s1. The van der Waals surface area contributed by atoms with E-state index in [1.54, 1.807) is 0 Å². The van der Waals surface area contributed by atoms with E-state index in [2.05, 4.69) is 22.3 Å². The molecule has 1 fully saturated rings. The lowest BCUT2D eigenvalue weighted by molar-refractivity contribution is -0.121. The lowest BCUT2D eigenvalue weighted by atomic mass is 10.1. The third-order valence-electron chi connectivity index (χ3n) is 4.85. The molecule has 1 aromatic carbocycles. The summed E-state index contributed by atoms with van der Waals surface area (Å²) in [7, 11) is 0. The Hall–Kier alpha value is -1.98. The minimum atomic E-state index is -0.0493.